The maximum atomic E-state index is 11.7. The van der Waals surface area contributed by atoms with Gasteiger partial charge in [0.05, 0.1) is 5.75 Å². The summed E-state index contributed by atoms with van der Waals surface area (Å²) in [7, 11) is -1.29. The number of hydrogen-bond donors (Lipinski definition) is 2. The zero-order valence-electron chi connectivity index (χ0n) is 11.1. The molecule has 1 rings (SSSR count). The Morgan fingerprint density at radius 1 is 1.22 bits per heavy atom. The summed E-state index contributed by atoms with van der Waals surface area (Å²) in [6.45, 7) is 3.22. The molecule has 0 spiro atoms. The predicted molar refractivity (Wildman–Crippen MR) is 75.0 cm³/mol. The maximum absolute atomic E-state index is 11.7. The molecule has 18 heavy (non-hydrogen) atoms. The maximum Gasteiger partial charge on any atom is 0.211 e. The Kier molecular flexibility index (Phi) is 6.32. The lowest BCUT2D eigenvalue weighted by Gasteiger charge is -2.07. The van der Waals surface area contributed by atoms with Crippen molar-refractivity contribution in [3.63, 3.8) is 0 Å². The first-order valence-electron chi connectivity index (χ1n) is 6.21. The highest BCUT2D eigenvalue weighted by molar-refractivity contribution is 7.89. The fourth-order valence-corrected chi connectivity index (χ4v) is 2.80. The van der Waals surface area contributed by atoms with Crippen LogP contribution in [0.2, 0.25) is 0 Å². The molecule has 0 aliphatic carbocycles. The average molecular weight is 270 g/mol. The van der Waals surface area contributed by atoms with Crippen LogP contribution >= 0.6 is 0 Å². The third-order valence-corrected chi connectivity index (χ3v) is 4.08. The molecule has 0 radical (unpaired) electrons. The molecule has 0 saturated carbocycles. The Balaban J connectivity index is 2.37. The van der Waals surface area contributed by atoms with Crippen LogP contribution in [-0.2, 0) is 16.6 Å². The summed E-state index contributed by atoms with van der Waals surface area (Å²) in [6, 6.07) is 7.85. The second-order valence-corrected chi connectivity index (χ2v) is 6.37. The summed E-state index contributed by atoms with van der Waals surface area (Å²) in [5.41, 5.74) is 2.13. The Bertz CT molecular complexity index is 458. The highest BCUT2D eigenvalue weighted by Crippen LogP contribution is 2.04. The number of sulfonamides is 1. The van der Waals surface area contributed by atoms with Gasteiger partial charge in [-0.2, -0.15) is 0 Å². The summed E-state index contributed by atoms with van der Waals surface area (Å²) in [5.74, 6) is 0.195. The molecule has 0 aromatic heterocycles. The zero-order chi connectivity index (χ0) is 13.4. The van der Waals surface area contributed by atoms with Gasteiger partial charge < -0.3 is 5.32 Å². The van der Waals surface area contributed by atoms with Crippen molar-refractivity contribution in [2.75, 3.05) is 19.3 Å². The van der Waals surface area contributed by atoms with Gasteiger partial charge in [-0.3, -0.25) is 0 Å². The molecular weight excluding hydrogens is 248 g/mol. The molecule has 0 aliphatic heterocycles. The van der Waals surface area contributed by atoms with E-state index < -0.39 is 10.0 Å². The first-order valence-corrected chi connectivity index (χ1v) is 7.86. The Hall–Kier alpha value is -0.910. The Labute approximate surface area is 110 Å². The molecule has 1 aromatic rings. The van der Waals surface area contributed by atoms with E-state index in [0.717, 1.165) is 24.1 Å². The smallest absolute Gasteiger partial charge is 0.211 e. The SMILES string of the molecule is CNCCCCS(=O)(=O)NCc1cccc(C)c1. The minimum absolute atomic E-state index is 0.195. The monoisotopic (exact) mass is 270 g/mol. The lowest BCUT2D eigenvalue weighted by Crippen LogP contribution is -2.26. The van der Waals surface area contributed by atoms with Gasteiger partial charge in [-0.25, -0.2) is 13.1 Å². The molecule has 1 aromatic carbocycles. The van der Waals surface area contributed by atoms with Gasteiger partial charge in [0.2, 0.25) is 10.0 Å². The van der Waals surface area contributed by atoms with Crippen molar-refractivity contribution < 1.29 is 8.42 Å². The molecule has 0 fully saturated rings. The minimum atomic E-state index is -3.15. The fourth-order valence-electron chi connectivity index (χ4n) is 1.68. The Morgan fingerprint density at radius 3 is 2.67 bits per heavy atom. The molecular formula is C13H22N2O2S. The van der Waals surface area contributed by atoms with Crippen LogP contribution in [0.1, 0.15) is 24.0 Å². The molecule has 0 unspecified atom stereocenters. The first kappa shape index (κ1) is 15.1. The first-order chi connectivity index (χ1) is 8.53. The quantitative estimate of drug-likeness (QED) is 0.702. The van der Waals surface area contributed by atoms with E-state index in [1.165, 1.54) is 0 Å². The van der Waals surface area contributed by atoms with Gasteiger partial charge in [0.1, 0.15) is 0 Å². The van der Waals surface area contributed by atoms with Crippen molar-refractivity contribution >= 4 is 10.0 Å². The van der Waals surface area contributed by atoms with Gasteiger partial charge in [-0.1, -0.05) is 29.8 Å². The minimum Gasteiger partial charge on any atom is -0.320 e. The van der Waals surface area contributed by atoms with Crippen LogP contribution in [0.4, 0.5) is 0 Å². The second-order valence-electron chi connectivity index (χ2n) is 4.44. The highest BCUT2D eigenvalue weighted by Gasteiger charge is 2.09. The normalized spacial score (nSPS) is 11.7. The summed E-state index contributed by atoms with van der Waals surface area (Å²) < 4.78 is 26.1. The van der Waals surface area contributed by atoms with Gasteiger partial charge in [0.15, 0.2) is 0 Å². The van der Waals surface area contributed by atoms with Crippen molar-refractivity contribution in [2.45, 2.75) is 26.3 Å². The number of nitrogens with one attached hydrogen (secondary N) is 2. The number of benzene rings is 1. The fraction of sp³-hybridized carbons (Fsp3) is 0.538. The summed E-state index contributed by atoms with van der Waals surface area (Å²) >= 11 is 0. The van der Waals surface area contributed by atoms with Gasteiger partial charge in [0.25, 0.3) is 0 Å². The molecule has 4 nitrogen and oxygen atoms in total. The van der Waals surface area contributed by atoms with Gasteiger partial charge >= 0.3 is 0 Å². The van der Waals surface area contributed by atoms with Crippen molar-refractivity contribution in [3.05, 3.63) is 35.4 Å². The van der Waals surface area contributed by atoms with Gasteiger partial charge in [0, 0.05) is 6.54 Å². The molecule has 0 amide bonds. The lowest BCUT2D eigenvalue weighted by atomic mass is 10.1. The molecule has 0 saturated heterocycles. The van der Waals surface area contributed by atoms with Gasteiger partial charge in [-0.15, -0.1) is 0 Å². The predicted octanol–water partition coefficient (Wildman–Crippen LogP) is 1.41. The molecule has 2 N–H and O–H groups in total. The van der Waals surface area contributed by atoms with Crippen molar-refractivity contribution in [3.8, 4) is 0 Å². The van der Waals surface area contributed by atoms with Crippen LogP contribution in [0.25, 0.3) is 0 Å². The third-order valence-electron chi connectivity index (χ3n) is 2.67. The van der Waals surface area contributed by atoms with E-state index in [0.29, 0.717) is 13.0 Å². The second kappa shape index (κ2) is 7.51. The van der Waals surface area contributed by atoms with Crippen LogP contribution in [0.3, 0.4) is 0 Å². The largest absolute Gasteiger partial charge is 0.320 e. The molecule has 0 aliphatic rings. The molecule has 0 heterocycles. The van der Waals surface area contributed by atoms with E-state index in [4.69, 9.17) is 0 Å². The summed E-state index contributed by atoms with van der Waals surface area (Å²) in [4.78, 5) is 0. The summed E-state index contributed by atoms with van der Waals surface area (Å²) in [5, 5.41) is 3.00. The van der Waals surface area contributed by atoms with E-state index in [1.54, 1.807) is 0 Å². The standard InChI is InChI=1S/C13H22N2O2S/c1-12-6-5-7-13(10-12)11-15-18(16,17)9-4-3-8-14-2/h5-7,10,14-15H,3-4,8-9,11H2,1-2H3. The molecule has 0 atom stereocenters. The van der Waals surface area contributed by atoms with E-state index >= 15 is 0 Å². The van der Waals surface area contributed by atoms with Crippen LogP contribution in [0, 0.1) is 6.92 Å². The average Bonchev–Trinajstić information content (AvgIpc) is 2.33. The molecule has 0 bridgehead atoms. The topological polar surface area (TPSA) is 58.2 Å². The van der Waals surface area contributed by atoms with Crippen molar-refractivity contribution in [2.24, 2.45) is 0 Å². The Morgan fingerprint density at radius 2 is 2.00 bits per heavy atom. The van der Waals surface area contributed by atoms with Crippen molar-refractivity contribution in [1.82, 2.24) is 10.0 Å². The zero-order valence-corrected chi connectivity index (χ0v) is 11.9. The van der Waals surface area contributed by atoms with Gasteiger partial charge in [-0.05, 0) is 38.9 Å². The van der Waals surface area contributed by atoms with Crippen LogP contribution in [-0.4, -0.2) is 27.8 Å². The number of aryl methyl sites for hydroxylation is 1. The molecule has 5 heteroatoms. The van der Waals surface area contributed by atoms with Crippen LogP contribution in [0.15, 0.2) is 24.3 Å². The highest BCUT2D eigenvalue weighted by atomic mass is 32.2. The van der Waals surface area contributed by atoms with Crippen LogP contribution in [0.5, 0.6) is 0 Å². The third kappa shape index (κ3) is 6.14. The summed E-state index contributed by atoms with van der Waals surface area (Å²) in [6.07, 6.45) is 1.56. The van der Waals surface area contributed by atoms with E-state index in [2.05, 4.69) is 10.0 Å². The van der Waals surface area contributed by atoms with E-state index in [9.17, 15) is 8.42 Å². The van der Waals surface area contributed by atoms with E-state index in [-0.39, 0.29) is 5.75 Å². The van der Waals surface area contributed by atoms with E-state index in [1.807, 2.05) is 38.2 Å². The van der Waals surface area contributed by atoms with Crippen LogP contribution < -0.4 is 10.0 Å². The lowest BCUT2D eigenvalue weighted by molar-refractivity contribution is 0.575. The number of hydrogen-bond acceptors (Lipinski definition) is 3. The number of rotatable bonds is 8. The number of unbranched alkanes of at least 4 members (excludes halogenated alkanes) is 1. The van der Waals surface area contributed by atoms with Crippen molar-refractivity contribution in [1.29, 1.82) is 0 Å². The molecule has 102 valence electrons.